The number of hydrogen-bond donors (Lipinski definition) is 2. The molecule has 1 amide bonds. The lowest BCUT2D eigenvalue weighted by Gasteiger charge is -2.08. The van der Waals surface area contributed by atoms with Gasteiger partial charge in [0.1, 0.15) is 11.6 Å². The molecule has 0 unspecified atom stereocenters. The van der Waals surface area contributed by atoms with Crippen LogP contribution in [0, 0.1) is 11.6 Å². The summed E-state index contributed by atoms with van der Waals surface area (Å²) < 4.78 is 26.1. The van der Waals surface area contributed by atoms with Crippen molar-refractivity contribution in [2.24, 2.45) is 0 Å². The van der Waals surface area contributed by atoms with Gasteiger partial charge in [-0.2, -0.15) is 0 Å². The topological polar surface area (TPSA) is 29.1 Å². The van der Waals surface area contributed by atoms with E-state index in [1.165, 1.54) is 0 Å². The number of carbonyl (C=O) groups excluding carboxylic acids is 1. The van der Waals surface area contributed by atoms with E-state index in [0.717, 1.165) is 12.1 Å². The highest BCUT2D eigenvalue weighted by atomic mass is 32.1. The van der Waals surface area contributed by atoms with Gasteiger partial charge in [0.05, 0.1) is 11.3 Å². The maximum atomic E-state index is 13.4. The molecule has 2 rings (SSSR count). The zero-order valence-corrected chi connectivity index (χ0v) is 10.0. The fourth-order valence-electron chi connectivity index (χ4n) is 1.44. The number of rotatable bonds is 2. The SMILES string of the molecule is O=C(Nc1ccccc1S)c1ccc(F)cc1F. The fourth-order valence-corrected chi connectivity index (χ4v) is 1.66. The van der Waals surface area contributed by atoms with Gasteiger partial charge in [0.25, 0.3) is 5.91 Å². The Balaban J connectivity index is 2.25. The highest BCUT2D eigenvalue weighted by molar-refractivity contribution is 7.80. The molecule has 2 aromatic rings. The van der Waals surface area contributed by atoms with E-state index >= 15 is 0 Å². The number of benzene rings is 2. The van der Waals surface area contributed by atoms with E-state index in [1.54, 1.807) is 24.3 Å². The zero-order chi connectivity index (χ0) is 13.1. The molecular formula is C13H9F2NOS. The smallest absolute Gasteiger partial charge is 0.258 e. The summed E-state index contributed by atoms with van der Waals surface area (Å²) in [6, 6.07) is 9.61. The van der Waals surface area contributed by atoms with Gasteiger partial charge in [0.2, 0.25) is 0 Å². The Morgan fingerprint density at radius 3 is 2.50 bits per heavy atom. The van der Waals surface area contributed by atoms with Crippen molar-refractivity contribution >= 4 is 24.2 Å². The van der Waals surface area contributed by atoms with Crippen molar-refractivity contribution in [3.63, 3.8) is 0 Å². The van der Waals surface area contributed by atoms with Gasteiger partial charge >= 0.3 is 0 Å². The van der Waals surface area contributed by atoms with Crippen LogP contribution in [0.15, 0.2) is 47.4 Å². The van der Waals surface area contributed by atoms with Crippen molar-refractivity contribution in [1.29, 1.82) is 0 Å². The summed E-state index contributed by atoms with van der Waals surface area (Å²) >= 11 is 4.16. The molecule has 0 radical (unpaired) electrons. The van der Waals surface area contributed by atoms with Crippen molar-refractivity contribution in [1.82, 2.24) is 0 Å². The number of anilines is 1. The lowest BCUT2D eigenvalue weighted by Crippen LogP contribution is -2.14. The molecular weight excluding hydrogens is 256 g/mol. The quantitative estimate of drug-likeness (QED) is 0.799. The van der Waals surface area contributed by atoms with Gasteiger partial charge in [0, 0.05) is 11.0 Å². The number of carbonyl (C=O) groups is 1. The van der Waals surface area contributed by atoms with Crippen molar-refractivity contribution in [2.45, 2.75) is 4.90 Å². The molecule has 0 spiro atoms. The predicted octanol–water partition coefficient (Wildman–Crippen LogP) is 3.51. The molecule has 2 aromatic carbocycles. The van der Waals surface area contributed by atoms with Crippen LogP contribution in [0.1, 0.15) is 10.4 Å². The van der Waals surface area contributed by atoms with Crippen molar-refractivity contribution in [2.75, 3.05) is 5.32 Å². The fraction of sp³-hybridized carbons (Fsp3) is 0. The van der Waals surface area contributed by atoms with Crippen molar-refractivity contribution in [3.05, 3.63) is 59.7 Å². The molecule has 0 bridgehead atoms. The summed E-state index contributed by atoms with van der Waals surface area (Å²) in [6.07, 6.45) is 0. The van der Waals surface area contributed by atoms with Crippen LogP contribution in [0.4, 0.5) is 14.5 Å². The monoisotopic (exact) mass is 265 g/mol. The van der Waals surface area contributed by atoms with E-state index in [2.05, 4.69) is 17.9 Å². The number of hydrogen-bond acceptors (Lipinski definition) is 2. The summed E-state index contributed by atoms with van der Waals surface area (Å²) in [7, 11) is 0. The molecule has 92 valence electrons. The molecule has 2 nitrogen and oxygen atoms in total. The number of amides is 1. The Kier molecular flexibility index (Phi) is 3.62. The van der Waals surface area contributed by atoms with Gasteiger partial charge in [0.15, 0.2) is 0 Å². The normalized spacial score (nSPS) is 10.2. The minimum atomic E-state index is -0.899. The van der Waals surface area contributed by atoms with Crippen molar-refractivity contribution in [3.8, 4) is 0 Å². The predicted molar refractivity (Wildman–Crippen MR) is 68.0 cm³/mol. The highest BCUT2D eigenvalue weighted by Gasteiger charge is 2.13. The van der Waals surface area contributed by atoms with E-state index < -0.39 is 17.5 Å². The second kappa shape index (κ2) is 5.18. The lowest BCUT2D eigenvalue weighted by atomic mass is 10.2. The molecule has 18 heavy (non-hydrogen) atoms. The van der Waals surface area contributed by atoms with Gasteiger partial charge in [-0.25, -0.2) is 8.78 Å². The number of nitrogens with one attached hydrogen (secondary N) is 1. The maximum absolute atomic E-state index is 13.4. The Hall–Kier alpha value is -1.88. The van der Waals surface area contributed by atoms with Crippen molar-refractivity contribution < 1.29 is 13.6 Å². The molecule has 0 saturated carbocycles. The first-order valence-corrected chi connectivity index (χ1v) is 5.57. The van der Waals surface area contributed by atoms with Crippen LogP contribution >= 0.6 is 12.6 Å². The van der Waals surface area contributed by atoms with E-state index in [0.29, 0.717) is 16.6 Å². The van der Waals surface area contributed by atoms with Gasteiger partial charge < -0.3 is 5.32 Å². The summed E-state index contributed by atoms with van der Waals surface area (Å²) in [5.74, 6) is -2.27. The molecule has 0 aliphatic rings. The van der Waals surface area contributed by atoms with Gasteiger partial charge in [-0.15, -0.1) is 12.6 Å². The third kappa shape index (κ3) is 2.68. The van der Waals surface area contributed by atoms with Gasteiger partial charge in [-0.3, -0.25) is 4.79 Å². The van der Waals surface area contributed by atoms with Crippen LogP contribution in [-0.4, -0.2) is 5.91 Å². The van der Waals surface area contributed by atoms with Crippen LogP contribution in [0.3, 0.4) is 0 Å². The van der Waals surface area contributed by atoms with E-state index in [-0.39, 0.29) is 5.56 Å². The first-order valence-electron chi connectivity index (χ1n) is 5.12. The highest BCUT2D eigenvalue weighted by Crippen LogP contribution is 2.20. The van der Waals surface area contributed by atoms with Gasteiger partial charge in [-0.1, -0.05) is 12.1 Å². The Morgan fingerprint density at radius 1 is 1.11 bits per heavy atom. The Labute approximate surface area is 108 Å². The van der Waals surface area contributed by atoms with E-state index in [1.807, 2.05) is 0 Å². The third-order valence-electron chi connectivity index (χ3n) is 2.33. The Bertz CT molecular complexity index is 601. The molecule has 0 aliphatic carbocycles. The standard InChI is InChI=1S/C13H9F2NOS/c14-8-5-6-9(10(15)7-8)13(17)16-11-3-1-2-4-12(11)18/h1-7,18H,(H,16,17). The molecule has 1 N–H and O–H groups in total. The third-order valence-corrected chi connectivity index (χ3v) is 2.72. The zero-order valence-electron chi connectivity index (χ0n) is 9.15. The minimum absolute atomic E-state index is 0.215. The molecule has 0 aromatic heterocycles. The van der Waals surface area contributed by atoms with Crippen LogP contribution in [-0.2, 0) is 0 Å². The average Bonchev–Trinajstić information content (AvgIpc) is 2.32. The summed E-state index contributed by atoms with van der Waals surface area (Å²) in [6.45, 7) is 0. The molecule has 0 fully saturated rings. The largest absolute Gasteiger partial charge is 0.321 e. The first-order chi connectivity index (χ1) is 8.58. The molecule has 5 heteroatoms. The molecule has 0 aliphatic heterocycles. The summed E-state index contributed by atoms with van der Waals surface area (Å²) in [5, 5.41) is 2.51. The molecule has 0 heterocycles. The second-order valence-electron chi connectivity index (χ2n) is 3.60. The van der Waals surface area contributed by atoms with Crippen LogP contribution in [0.25, 0.3) is 0 Å². The molecule has 0 atom stereocenters. The van der Waals surface area contributed by atoms with E-state index in [9.17, 15) is 13.6 Å². The summed E-state index contributed by atoms with van der Waals surface area (Å²) in [4.78, 5) is 12.4. The average molecular weight is 265 g/mol. The van der Waals surface area contributed by atoms with Crippen LogP contribution < -0.4 is 5.32 Å². The number of halogens is 2. The molecule has 0 saturated heterocycles. The number of para-hydroxylation sites is 1. The Morgan fingerprint density at radius 2 is 1.83 bits per heavy atom. The second-order valence-corrected chi connectivity index (χ2v) is 4.08. The summed E-state index contributed by atoms with van der Waals surface area (Å²) in [5.41, 5.74) is 0.252. The van der Waals surface area contributed by atoms with Gasteiger partial charge in [-0.05, 0) is 24.3 Å². The first kappa shape index (κ1) is 12.6. The maximum Gasteiger partial charge on any atom is 0.258 e. The number of thiol groups is 1. The minimum Gasteiger partial charge on any atom is -0.321 e. The lowest BCUT2D eigenvalue weighted by molar-refractivity contribution is 0.102. The van der Waals surface area contributed by atoms with Crippen LogP contribution in [0.5, 0.6) is 0 Å². The van der Waals surface area contributed by atoms with Crippen LogP contribution in [0.2, 0.25) is 0 Å². The van der Waals surface area contributed by atoms with E-state index in [4.69, 9.17) is 0 Å².